The highest BCUT2D eigenvalue weighted by Crippen LogP contribution is 2.30. The van der Waals surface area contributed by atoms with Gasteiger partial charge < -0.3 is 9.47 Å². The number of nitrogens with one attached hydrogen (secondary N) is 1. The number of rotatable bonds is 7. The molecular weight excluding hydrogens is 295 g/mol. The third kappa shape index (κ3) is 3.38. The lowest BCUT2D eigenvalue weighted by Crippen LogP contribution is -2.43. The zero-order valence-corrected chi connectivity index (χ0v) is 12.5. The maximum absolute atomic E-state index is 13.9. The summed E-state index contributed by atoms with van der Waals surface area (Å²) in [7, 11) is 0. The number of hydrogen-bond acceptors (Lipinski definition) is 6. The molecule has 0 fully saturated rings. The van der Waals surface area contributed by atoms with Gasteiger partial charge in [0.05, 0.1) is 24.2 Å². The molecule has 0 bridgehead atoms. The lowest BCUT2D eigenvalue weighted by molar-refractivity contribution is -0.163. The summed E-state index contributed by atoms with van der Waals surface area (Å²) >= 11 is 0. The van der Waals surface area contributed by atoms with Gasteiger partial charge in [-0.3, -0.25) is 9.59 Å². The largest absolute Gasteiger partial charge is 0.465 e. The average molecular weight is 312 g/mol. The molecule has 0 amide bonds. The molecule has 0 unspecified atom stereocenters. The second-order valence-electron chi connectivity index (χ2n) is 4.46. The van der Waals surface area contributed by atoms with Crippen molar-refractivity contribution < 1.29 is 23.5 Å². The van der Waals surface area contributed by atoms with Gasteiger partial charge in [-0.25, -0.2) is 9.82 Å². The monoisotopic (exact) mass is 312 g/mol. The van der Waals surface area contributed by atoms with Crippen molar-refractivity contribution in [1.82, 2.24) is 0 Å². The molecule has 0 aliphatic rings. The van der Waals surface area contributed by atoms with E-state index in [4.69, 9.17) is 9.47 Å². The Labute approximate surface area is 126 Å². The van der Waals surface area contributed by atoms with Crippen molar-refractivity contribution in [1.29, 1.82) is 0 Å². The molecule has 0 atom stereocenters. The van der Waals surface area contributed by atoms with E-state index >= 15 is 0 Å². The number of hydrogen-bond donors (Lipinski definition) is 1. The van der Waals surface area contributed by atoms with Crippen LogP contribution >= 0.6 is 0 Å². The Hall–Kier alpha value is -2.51. The molecule has 0 aromatic heterocycles. The van der Waals surface area contributed by atoms with E-state index < -0.39 is 23.2 Å². The highest BCUT2D eigenvalue weighted by atomic mass is 19.1. The van der Waals surface area contributed by atoms with Gasteiger partial charge in [0.25, 0.3) is 0 Å². The fourth-order valence-corrected chi connectivity index (χ4v) is 1.84. The number of halogens is 1. The van der Waals surface area contributed by atoms with Crippen LogP contribution in [0.15, 0.2) is 23.5 Å². The summed E-state index contributed by atoms with van der Waals surface area (Å²) < 4.78 is 23.7. The van der Waals surface area contributed by atoms with Crippen molar-refractivity contribution in [2.24, 2.45) is 5.29 Å². The summed E-state index contributed by atoms with van der Waals surface area (Å²) in [6, 6.07) is 3.48. The standard InChI is InChI=1S/C14H17FN2O5/c1-4-21-12(18)14(3,13(19)22-5-2)9-6-7-11(16-17-20)10(15)8-9/h6-8H,4-5H2,1-3H3,(H,16,20). The van der Waals surface area contributed by atoms with Gasteiger partial charge in [0.15, 0.2) is 5.41 Å². The molecule has 1 rings (SSSR count). The second-order valence-corrected chi connectivity index (χ2v) is 4.46. The smallest absolute Gasteiger partial charge is 0.327 e. The van der Waals surface area contributed by atoms with Gasteiger partial charge in [-0.05, 0) is 38.5 Å². The summed E-state index contributed by atoms with van der Waals surface area (Å²) in [5.41, 5.74) is 0.00140. The molecule has 22 heavy (non-hydrogen) atoms. The minimum atomic E-state index is -1.81. The Bertz CT molecular complexity index is 558. The molecule has 7 nitrogen and oxygen atoms in total. The Kier molecular flexibility index (Phi) is 5.97. The molecule has 0 aliphatic heterocycles. The second kappa shape index (κ2) is 7.48. The van der Waals surface area contributed by atoms with Crippen LogP contribution in [-0.4, -0.2) is 25.2 Å². The Morgan fingerprint density at radius 3 is 2.18 bits per heavy atom. The van der Waals surface area contributed by atoms with Gasteiger partial charge in [0.2, 0.25) is 0 Å². The van der Waals surface area contributed by atoms with E-state index in [0.29, 0.717) is 0 Å². The third-order valence-corrected chi connectivity index (χ3v) is 3.08. The highest BCUT2D eigenvalue weighted by Gasteiger charge is 2.46. The van der Waals surface area contributed by atoms with E-state index in [1.165, 1.54) is 19.1 Å². The average Bonchev–Trinajstić information content (AvgIpc) is 2.49. The molecule has 1 aromatic rings. The van der Waals surface area contributed by atoms with E-state index in [1.807, 2.05) is 5.43 Å². The quantitative estimate of drug-likeness (QED) is 0.359. The number of esters is 2. The van der Waals surface area contributed by atoms with Crippen molar-refractivity contribution in [3.8, 4) is 0 Å². The lowest BCUT2D eigenvalue weighted by atomic mass is 9.82. The molecule has 1 aromatic carbocycles. The lowest BCUT2D eigenvalue weighted by Gasteiger charge is -2.25. The zero-order valence-electron chi connectivity index (χ0n) is 12.5. The highest BCUT2D eigenvalue weighted by molar-refractivity contribution is 6.06. The van der Waals surface area contributed by atoms with Crippen LogP contribution in [0, 0.1) is 10.7 Å². The number of nitrogens with zero attached hydrogens (tertiary/aromatic N) is 1. The molecule has 0 spiro atoms. The molecule has 0 heterocycles. The van der Waals surface area contributed by atoms with Crippen molar-refractivity contribution in [2.75, 3.05) is 18.6 Å². The number of carbonyl (C=O) groups excluding carboxylic acids is 2. The van der Waals surface area contributed by atoms with E-state index in [1.54, 1.807) is 13.8 Å². The van der Waals surface area contributed by atoms with Crippen LogP contribution in [0.5, 0.6) is 0 Å². The molecule has 0 saturated carbocycles. The summed E-state index contributed by atoms with van der Waals surface area (Å²) in [5, 5.41) is 2.36. The molecule has 0 radical (unpaired) electrons. The normalized spacial score (nSPS) is 10.7. The minimum Gasteiger partial charge on any atom is -0.465 e. The van der Waals surface area contributed by atoms with E-state index in [2.05, 4.69) is 5.29 Å². The first kappa shape index (κ1) is 17.5. The van der Waals surface area contributed by atoms with E-state index in [9.17, 15) is 18.9 Å². The first-order valence-corrected chi connectivity index (χ1v) is 6.64. The molecule has 120 valence electrons. The number of carbonyl (C=O) groups is 2. The van der Waals surface area contributed by atoms with Crippen LogP contribution in [0.25, 0.3) is 0 Å². The van der Waals surface area contributed by atoms with E-state index in [-0.39, 0.29) is 24.5 Å². The van der Waals surface area contributed by atoms with Gasteiger partial charge in [-0.2, -0.15) is 0 Å². The molecule has 0 aliphatic carbocycles. The predicted octanol–water partition coefficient (Wildman–Crippen LogP) is 2.30. The Morgan fingerprint density at radius 2 is 1.77 bits per heavy atom. The first-order chi connectivity index (χ1) is 10.4. The van der Waals surface area contributed by atoms with Crippen molar-refractivity contribution in [3.63, 3.8) is 0 Å². The van der Waals surface area contributed by atoms with Crippen molar-refractivity contribution in [3.05, 3.63) is 34.5 Å². The van der Waals surface area contributed by atoms with Crippen molar-refractivity contribution >= 4 is 17.6 Å². The molecule has 8 heteroatoms. The van der Waals surface area contributed by atoms with Crippen LogP contribution in [0.1, 0.15) is 26.3 Å². The first-order valence-electron chi connectivity index (χ1n) is 6.64. The topological polar surface area (TPSA) is 94.1 Å². The van der Waals surface area contributed by atoms with E-state index in [0.717, 1.165) is 6.07 Å². The third-order valence-electron chi connectivity index (χ3n) is 3.08. The Morgan fingerprint density at radius 1 is 1.23 bits per heavy atom. The van der Waals surface area contributed by atoms with Gasteiger partial charge >= 0.3 is 11.9 Å². The maximum atomic E-state index is 13.9. The minimum absolute atomic E-state index is 0.0540. The number of ether oxygens (including phenoxy) is 2. The zero-order chi connectivity index (χ0) is 16.8. The van der Waals surface area contributed by atoms with Gasteiger partial charge in [0, 0.05) is 0 Å². The summed E-state index contributed by atoms with van der Waals surface area (Å²) in [6.07, 6.45) is 0. The summed E-state index contributed by atoms with van der Waals surface area (Å²) in [6.45, 7) is 4.60. The predicted molar refractivity (Wildman–Crippen MR) is 76.4 cm³/mol. The summed E-state index contributed by atoms with van der Waals surface area (Å²) in [4.78, 5) is 34.5. The number of benzene rings is 1. The summed E-state index contributed by atoms with van der Waals surface area (Å²) in [5.74, 6) is -2.53. The van der Waals surface area contributed by atoms with Gasteiger partial charge in [-0.15, -0.1) is 4.91 Å². The SMILES string of the molecule is CCOC(=O)C(C)(C(=O)OCC)c1ccc(NN=O)c(F)c1. The molecule has 0 saturated heterocycles. The fourth-order valence-electron chi connectivity index (χ4n) is 1.84. The van der Waals surface area contributed by atoms with Crippen LogP contribution < -0.4 is 5.43 Å². The number of nitroso groups, excluding NO2 is 1. The van der Waals surface area contributed by atoms with Crippen LogP contribution in [-0.2, 0) is 24.5 Å². The van der Waals surface area contributed by atoms with Crippen LogP contribution in [0.2, 0.25) is 0 Å². The van der Waals surface area contributed by atoms with Crippen LogP contribution in [0.3, 0.4) is 0 Å². The van der Waals surface area contributed by atoms with Crippen molar-refractivity contribution in [2.45, 2.75) is 26.2 Å². The molecule has 1 N–H and O–H groups in total. The number of anilines is 1. The van der Waals surface area contributed by atoms with Crippen LogP contribution in [0.4, 0.5) is 10.1 Å². The van der Waals surface area contributed by atoms with Gasteiger partial charge in [-0.1, -0.05) is 6.07 Å². The van der Waals surface area contributed by atoms with Gasteiger partial charge in [0.1, 0.15) is 5.82 Å². The fraction of sp³-hybridized carbons (Fsp3) is 0.429. The maximum Gasteiger partial charge on any atom is 0.327 e. The Balaban J connectivity index is 3.32. The molecular formula is C14H17FN2O5.